The van der Waals surface area contributed by atoms with Gasteiger partial charge in [0.05, 0.1) is 0 Å². The number of hydrogen-bond acceptors (Lipinski definition) is 1. The molecule has 76 valence electrons. The van der Waals surface area contributed by atoms with Crippen molar-refractivity contribution in [3.05, 3.63) is 35.4 Å². The predicted molar refractivity (Wildman–Crippen MR) is 58.2 cm³/mol. The zero-order valence-electron chi connectivity index (χ0n) is 8.96. The van der Waals surface area contributed by atoms with E-state index < -0.39 is 0 Å². The molecule has 0 amide bonds. The number of rotatable bonds is 2. The van der Waals surface area contributed by atoms with Gasteiger partial charge in [0, 0.05) is 6.61 Å². The predicted octanol–water partition coefficient (Wildman–Crippen LogP) is 2.42. The normalized spacial score (nSPS) is 17.1. The van der Waals surface area contributed by atoms with Crippen LogP contribution in [0.3, 0.4) is 0 Å². The molecule has 1 aromatic carbocycles. The Morgan fingerprint density at radius 3 is 2.14 bits per heavy atom. The highest BCUT2D eigenvalue weighted by molar-refractivity contribution is 5.32. The summed E-state index contributed by atoms with van der Waals surface area (Å²) in [5.74, 6) is 0.602. The largest absolute Gasteiger partial charge is 0.396 e. The first kappa shape index (κ1) is 9.72. The Morgan fingerprint density at radius 2 is 1.71 bits per heavy atom. The lowest BCUT2D eigenvalue weighted by atomic mass is 9.78. The van der Waals surface area contributed by atoms with E-state index in [1.807, 2.05) is 0 Å². The van der Waals surface area contributed by atoms with Crippen molar-refractivity contribution in [3.63, 3.8) is 0 Å². The lowest BCUT2D eigenvalue weighted by Gasteiger charge is -2.29. The highest BCUT2D eigenvalue weighted by atomic mass is 16.3. The van der Waals surface area contributed by atoms with E-state index in [1.54, 1.807) is 0 Å². The van der Waals surface area contributed by atoms with Gasteiger partial charge in [0.2, 0.25) is 0 Å². The number of aliphatic hydroxyl groups is 1. The summed E-state index contributed by atoms with van der Waals surface area (Å²) < 4.78 is 0. The van der Waals surface area contributed by atoms with Crippen molar-refractivity contribution in [1.82, 2.24) is 0 Å². The Bertz CT molecular complexity index is 303. The standard InChI is InChI=1S/C13H18O/c1-13(2,9-14)12-7-10-5-3-4-6-11(10)8-12/h3-6,12,14H,7-9H2,1-2H3. The molecule has 0 spiro atoms. The van der Waals surface area contributed by atoms with Crippen LogP contribution in [0.2, 0.25) is 0 Å². The van der Waals surface area contributed by atoms with Crippen LogP contribution in [0.5, 0.6) is 0 Å². The molecule has 1 aliphatic carbocycles. The molecule has 0 saturated carbocycles. The first-order chi connectivity index (χ1) is 6.63. The Hall–Kier alpha value is -0.820. The Labute approximate surface area is 85.8 Å². The maximum Gasteiger partial charge on any atom is 0.0485 e. The van der Waals surface area contributed by atoms with E-state index in [9.17, 15) is 5.11 Å². The molecule has 14 heavy (non-hydrogen) atoms. The van der Waals surface area contributed by atoms with E-state index in [0.29, 0.717) is 5.92 Å². The lowest BCUT2D eigenvalue weighted by Crippen LogP contribution is -2.28. The molecule has 0 saturated heterocycles. The number of aliphatic hydroxyl groups excluding tert-OH is 1. The zero-order valence-corrected chi connectivity index (χ0v) is 8.96. The SMILES string of the molecule is CC(C)(CO)C1Cc2ccccc2C1. The van der Waals surface area contributed by atoms with Crippen LogP contribution in [-0.4, -0.2) is 11.7 Å². The molecule has 2 rings (SSSR count). The summed E-state index contributed by atoms with van der Waals surface area (Å²) in [4.78, 5) is 0. The summed E-state index contributed by atoms with van der Waals surface area (Å²) in [6.07, 6.45) is 2.26. The van der Waals surface area contributed by atoms with Crippen LogP contribution >= 0.6 is 0 Å². The minimum absolute atomic E-state index is 0.0546. The van der Waals surface area contributed by atoms with E-state index in [-0.39, 0.29) is 12.0 Å². The van der Waals surface area contributed by atoms with Crippen molar-refractivity contribution in [2.24, 2.45) is 11.3 Å². The molecule has 1 N–H and O–H groups in total. The molecule has 1 aliphatic rings. The maximum atomic E-state index is 9.33. The second kappa shape index (κ2) is 3.39. The first-order valence-corrected chi connectivity index (χ1v) is 5.31. The molecule has 0 fully saturated rings. The fourth-order valence-corrected chi connectivity index (χ4v) is 2.24. The monoisotopic (exact) mass is 190 g/mol. The molecule has 0 radical (unpaired) electrons. The summed E-state index contributed by atoms with van der Waals surface area (Å²) in [5, 5.41) is 9.33. The highest BCUT2D eigenvalue weighted by Gasteiger charge is 2.33. The molecule has 0 atom stereocenters. The summed E-state index contributed by atoms with van der Waals surface area (Å²) in [6.45, 7) is 4.60. The van der Waals surface area contributed by atoms with Gasteiger partial charge in [-0.25, -0.2) is 0 Å². The van der Waals surface area contributed by atoms with Gasteiger partial charge < -0.3 is 5.11 Å². The number of fused-ring (bicyclic) bond motifs is 1. The molecule has 0 unspecified atom stereocenters. The second-order valence-corrected chi connectivity index (χ2v) is 5.02. The fourth-order valence-electron chi connectivity index (χ4n) is 2.24. The summed E-state index contributed by atoms with van der Waals surface area (Å²) in [5.41, 5.74) is 3.00. The summed E-state index contributed by atoms with van der Waals surface area (Å²) in [6, 6.07) is 8.63. The molecule has 1 heteroatoms. The topological polar surface area (TPSA) is 20.2 Å². The van der Waals surface area contributed by atoms with Crippen LogP contribution in [0.15, 0.2) is 24.3 Å². The minimum Gasteiger partial charge on any atom is -0.396 e. The van der Waals surface area contributed by atoms with Crippen LogP contribution in [0.25, 0.3) is 0 Å². The first-order valence-electron chi connectivity index (χ1n) is 5.31. The highest BCUT2D eigenvalue weighted by Crippen LogP contribution is 2.38. The lowest BCUT2D eigenvalue weighted by molar-refractivity contribution is 0.101. The molecule has 0 aliphatic heterocycles. The molecule has 0 heterocycles. The summed E-state index contributed by atoms with van der Waals surface area (Å²) in [7, 11) is 0. The number of hydrogen-bond donors (Lipinski definition) is 1. The van der Waals surface area contributed by atoms with Crippen molar-refractivity contribution in [2.45, 2.75) is 26.7 Å². The zero-order chi connectivity index (χ0) is 10.2. The van der Waals surface area contributed by atoms with E-state index in [2.05, 4.69) is 38.1 Å². The van der Waals surface area contributed by atoms with Gasteiger partial charge in [-0.3, -0.25) is 0 Å². The van der Waals surface area contributed by atoms with Gasteiger partial charge in [-0.15, -0.1) is 0 Å². The Balaban J connectivity index is 2.19. The molecule has 1 aromatic rings. The van der Waals surface area contributed by atoms with Gasteiger partial charge in [-0.2, -0.15) is 0 Å². The second-order valence-electron chi connectivity index (χ2n) is 5.02. The van der Waals surface area contributed by atoms with Crippen LogP contribution in [-0.2, 0) is 12.8 Å². The number of benzene rings is 1. The molecule has 0 aromatic heterocycles. The third-order valence-corrected chi connectivity index (χ3v) is 3.56. The summed E-state index contributed by atoms with van der Waals surface area (Å²) >= 11 is 0. The van der Waals surface area contributed by atoms with Crippen molar-refractivity contribution in [3.8, 4) is 0 Å². The average molecular weight is 190 g/mol. The smallest absolute Gasteiger partial charge is 0.0485 e. The van der Waals surface area contributed by atoms with Crippen LogP contribution in [0.4, 0.5) is 0 Å². The van der Waals surface area contributed by atoms with Gasteiger partial charge in [-0.1, -0.05) is 38.1 Å². The molecule has 1 nitrogen and oxygen atoms in total. The third kappa shape index (κ3) is 1.57. The van der Waals surface area contributed by atoms with Crippen molar-refractivity contribution >= 4 is 0 Å². The van der Waals surface area contributed by atoms with E-state index in [1.165, 1.54) is 11.1 Å². The van der Waals surface area contributed by atoms with Gasteiger partial charge in [0.15, 0.2) is 0 Å². The molecular formula is C13H18O. The van der Waals surface area contributed by atoms with Crippen molar-refractivity contribution in [2.75, 3.05) is 6.61 Å². The van der Waals surface area contributed by atoms with E-state index in [0.717, 1.165) is 12.8 Å². The van der Waals surface area contributed by atoms with Crippen LogP contribution in [0, 0.1) is 11.3 Å². The Kier molecular flexibility index (Phi) is 2.36. The molecular weight excluding hydrogens is 172 g/mol. The van der Waals surface area contributed by atoms with Crippen molar-refractivity contribution < 1.29 is 5.11 Å². The quantitative estimate of drug-likeness (QED) is 0.759. The van der Waals surface area contributed by atoms with Crippen LogP contribution < -0.4 is 0 Å². The van der Waals surface area contributed by atoms with Gasteiger partial charge in [-0.05, 0) is 35.3 Å². The van der Waals surface area contributed by atoms with Crippen molar-refractivity contribution in [1.29, 1.82) is 0 Å². The van der Waals surface area contributed by atoms with Gasteiger partial charge in [0.25, 0.3) is 0 Å². The minimum atomic E-state index is 0.0546. The molecule has 0 bridgehead atoms. The van der Waals surface area contributed by atoms with E-state index in [4.69, 9.17) is 0 Å². The third-order valence-electron chi connectivity index (χ3n) is 3.56. The fraction of sp³-hybridized carbons (Fsp3) is 0.538. The average Bonchev–Trinajstić information content (AvgIpc) is 2.61. The van der Waals surface area contributed by atoms with Gasteiger partial charge >= 0.3 is 0 Å². The van der Waals surface area contributed by atoms with Crippen LogP contribution in [0.1, 0.15) is 25.0 Å². The maximum absolute atomic E-state index is 9.33. The van der Waals surface area contributed by atoms with Gasteiger partial charge in [0.1, 0.15) is 0 Å². The van der Waals surface area contributed by atoms with E-state index >= 15 is 0 Å². The Morgan fingerprint density at radius 1 is 1.21 bits per heavy atom.